The monoisotopic (exact) mass is 421 g/mol. The normalized spacial score (nSPS) is 32.6. The van der Waals surface area contributed by atoms with Crippen molar-refractivity contribution >= 4 is 23.7 Å². The van der Waals surface area contributed by atoms with Crippen molar-refractivity contribution in [2.75, 3.05) is 0 Å². The molecule has 2 saturated carbocycles. The van der Waals surface area contributed by atoms with E-state index in [1.54, 1.807) is 0 Å². The number of imide groups is 1. The molecular weight excluding hydrogens is 405 g/mol. The SMILES string of the molecule is O=C1[C@@H]2[C@@H]3C=C[C@@H]([C@@H]4C[C@H]34)[C@@H]2C(=O)N1/N=C\c1ccc(-c2ccc(F)cc2[N+](=O)[O-])o1. The van der Waals surface area contributed by atoms with E-state index in [-0.39, 0.29) is 52.6 Å². The third-order valence-electron chi connectivity index (χ3n) is 6.99. The Morgan fingerprint density at radius 2 is 1.77 bits per heavy atom. The molecule has 0 spiro atoms. The second-order valence-electron chi connectivity index (χ2n) is 8.51. The van der Waals surface area contributed by atoms with Crippen molar-refractivity contribution in [3.63, 3.8) is 0 Å². The largest absolute Gasteiger partial charge is 0.455 e. The molecule has 7 rings (SSSR count). The summed E-state index contributed by atoms with van der Waals surface area (Å²) in [6.07, 6.45) is 6.52. The summed E-state index contributed by atoms with van der Waals surface area (Å²) in [5, 5.41) is 16.2. The summed E-state index contributed by atoms with van der Waals surface area (Å²) >= 11 is 0. The smallest absolute Gasteiger partial charge is 0.283 e. The molecule has 5 aliphatic rings. The van der Waals surface area contributed by atoms with Gasteiger partial charge in [0.2, 0.25) is 0 Å². The summed E-state index contributed by atoms with van der Waals surface area (Å²) in [5.74, 6) is -0.332. The van der Waals surface area contributed by atoms with Crippen LogP contribution in [0.2, 0.25) is 0 Å². The molecule has 4 aliphatic carbocycles. The van der Waals surface area contributed by atoms with E-state index in [1.165, 1.54) is 24.4 Å². The Bertz CT molecular complexity index is 1180. The number of nitro groups is 1. The third kappa shape index (κ3) is 2.55. The molecule has 2 aromatic rings. The standard InChI is InChI=1S/C22H16FN3O5/c23-10-1-3-14(17(7-10)26(29)30)18-6-2-11(31-18)9-24-25-21(27)19-12-4-5-13(16-8-15(12)16)20(19)22(25)28/h1-7,9,12-13,15-16,19-20H,8H2/b24-9-/t12-,13+,15-,16+,19-,20+. The highest BCUT2D eigenvalue weighted by Gasteiger charge is 2.67. The lowest BCUT2D eigenvalue weighted by Crippen LogP contribution is -2.40. The van der Waals surface area contributed by atoms with Crippen molar-refractivity contribution in [3.05, 3.63) is 64.2 Å². The minimum atomic E-state index is -0.725. The second-order valence-corrected chi connectivity index (χ2v) is 8.51. The van der Waals surface area contributed by atoms with Crippen LogP contribution in [0, 0.1) is 51.4 Å². The molecule has 6 atom stereocenters. The van der Waals surface area contributed by atoms with E-state index in [0.717, 1.165) is 23.6 Å². The van der Waals surface area contributed by atoms with Gasteiger partial charge in [-0.2, -0.15) is 10.1 Å². The zero-order valence-electron chi connectivity index (χ0n) is 16.1. The molecule has 3 fully saturated rings. The molecule has 0 radical (unpaired) electrons. The van der Waals surface area contributed by atoms with Crippen molar-refractivity contribution in [1.82, 2.24) is 5.01 Å². The first-order valence-corrected chi connectivity index (χ1v) is 10.1. The first kappa shape index (κ1) is 18.2. The third-order valence-corrected chi connectivity index (χ3v) is 6.99. The number of nitro benzene ring substituents is 1. The number of hydrazone groups is 1. The Morgan fingerprint density at radius 1 is 1.10 bits per heavy atom. The zero-order valence-corrected chi connectivity index (χ0v) is 16.1. The van der Waals surface area contributed by atoms with Gasteiger partial charge in [0.15, 0.2) is 0 Å². The second kappa shape index (κ2) is 6.19. The Morgan fingerprint density at radius 3 is 2.42 bits per heavy atom. The number of hydrogen-bond donors (Lipinski definition) is 0. The molecule has 2 heterocycles. The van der Waals surface area contributed by atoms with E-state index in [1.807, 2.05) is 0 Å². The molecule has 1 aromatic carbocycles. The van der Waals surface area contributed by atoms with Crippen LogP contribution in [0.5, 0.6) is 0 Å². The van der Waals surface area contributed by atoms with Gasteiger partial charge in [0.05, 0.1) is 34.6 Å². The fourth-order valence-corrected chi connectivity index (χ4v) is 5.60. The molecule has 0 N–H and O–H groups in total. The average molecular weight is 421 g/mol. The Labute approximate surface area is 175 Å². The van der Waals surface area contributed by atoms with Crippen LogP contribution in [0.1, 0.15) is 12.2 Å². The number of carbonyl (C=O) groups is 2. The highest BCUT2D eigenvalue weighted by atomic mass is 19.1. The van der Waals surface area contributed by atoms with Gasteiger partial charge in [-0.1, -0.05) is 12.2 Å². The number of nitrogens with zero attached hydrogens (tertiary/aromatic N) is 3. The molecule has 31 heavy (non-hydrogen) atoms. The molecule has 0 unspecified atom stereocenters. The maximum absolute atomic E-state index is 13.4. The lowest BCUT2D eigenvalue weighted by Gasteiger charge is -2.37. The van der Waals surface area contributed by atoms with Crippen LogP contribution in [0.15, 0.2) is 52.0 Å². The zero-order chi connectivity index (χ0) is 21.4. The number of allylic oxidation sites excluding steroid dienone is 2. The van der Waals surface area contributed by atoms with E-state index >= 15 is 0 Å². The van der Waals surface area contributed by atoms with Crippen LogP contribution < -0.4 is 0 Å². The number of rotatable bonds is 4. The van der Waals surface area contributed by atoms with E-state index < -0.39 is 16.4 Å². The minimum absolute atomic E-state index is 0.117. The minimum Gasteiger partial charge on any atom is -0.455 e. The molecular formula is C22H16FN3O5. The predicted octanol–water partition coefficient (Wildman–Crippen LogP) is 3.38. The van der Waals surface area contributed by atoms with Crippen LogP contribution in [0.4, 0.5) is 10.1 Å². The van der Waals surface area contributed by atoms with Crippen molar-refractivity contribution in [3.8, 4) is 11.3 Å². The molecule has 9 heteroatoms. The van der Waals surface area contributed by atoms with Gasteiger partial charge in [0.1, 0.15) is 17.3 Å². The first-order valence-electron chi connectivity index (χ1n) is 10.1. The number of hydrogen-bond acceptors (Lipinski definition) is 6. The summed E-state index contributed by atoms with van der Waals surface area (Å²) in [4.78, 5) is 36.4. The molecule has 1 aromatic heterocycles. The highest BCUT2D eigenvalue weighted by molar-refractivity contribution is 6.06. The van der Waals surface area contributed by atoms with Crippen molar-refractivity contribution in [1.29, 1.82) is 0 Å². The van der Waals surface area contributed by atoms with Crippen LogP contribution in [-0.4, -0.2) is 28.0 Å². The quantitative estimate of drug-likeness (QED) is 0.247. The molecule has 8 nitrogen and oxygen atoms in total. The number of benzene rings is 1. The fraction of sp³-hybridized carbons (Fsp3) is 0.318. The summed E-state index contributed by atoms with van der Waals surface area (Å²) in [6.45, 7) is 0. The maximum atomic E-state index is 13.4. The van der Waals surface area contributed by atoms with Gasteiger partial charge >= 0.3 is 0 Å². The van der Waals surface area contributed by atoms with Gasteiger partial charge in [-0.3, -0.25) is 19.7 Å². The summed E-state index contributed by atoms with van der Waals surface area (Å²) in [7, 11) is 0. The lowest BCUT2D eigenvalue weighted by molar-refractivity contribution is -0.384. The maximum Gasteiger partial charge on any atom is 0.283 e. The Hall–Kier alpha value is -3.62. The average Bonchev–Trinajstić information content (AvgIpc) is 3.39. The molecule has 2 bridgehead atoms. The summed E-state index contributed by atoms with van der Waals surface area (Å²) < 4.78 is 19.0. The van der Waals surface area contributed by atoms with E-state index in [9.17, 15) is 24.1 Å². The lowest BCUT2D eigenvalue weighted by atomic mass is 9.63. The molecule has 1 saturated heterocycles. The van der Waals surface area contributed by atoms with Gasteiger partial charge in [-0.15, -0.1) is 0 Å². The van der Waals surface area contributed by atoms with E-state index in [0.29, 0.717) is 11.8 Å². The predicted molar refractivity (Wildman–Crippen MR) is 105 cm³/mol. The van der Waals surface area contributed by atoms with Crippen molar-refractivity contribution in [2.45, 2.75) is 6.42 Å². The van der Waals surface area contributed by atoms with Gasteiger partial charge in [0.25, 0.3) is 17.5 Å². The van der Waals surface area contributed by atoms with Crippen LogP contribution in [-0.2, 0) is 9.59 Å². The number of carbonyl (C=O) groups excluding carboxylic acids is 2. The van der Waals surface area contributed by atoms with Crippen molar-refractivity contribution in [2.24, 2.45) is 40.6 Å². The molecule has 156 valence electrons. The van der Waals surface area contributed by atoms with Crippen molar-refractivity contribution < 1.29 is 23.3 Å². The summed E-state index contributed by atoms with van der Waals surface area (Å²) in [6, 6.07) is 6.20. The van der Waals surface area contributed by atoms with Crippen LogP contribution >= 0.6 is 0 Å². The Balaban J connectivity index is 1.26. The van der Waals surface area contributed by atoms with Crippen LogP contribution in [0.3, 0.4) is 0 Å². The highest BCUT2D eigenvalue weighted by Crippen LogP contribution is 2.65. The van der Waals surface area contributed by atoms with E-state index in [2.05, 4.69) is 17.3 Å². The first-order chi connectivity index (χ1) is 14.9. The fourth-order valence-electron chi connectivity index (χ4n) is 5.60. The van der Waals surface area contributed by atoms with Crippen LogP contribution in [0.25, 0.3) is 11.3 Å². The van der Waals surface area contributed by atoms with Gasteiger partial charge in [0, 0.05) is 0 Å². The topological polar surface area (TPSA) is 106 Å². The molecule has 1 aliphatic heterocycles. The number of halogens is 1. The molecule has 2 amide bonds. The number of amides is 2. The Kier molecular flexibility index (Phi) is 3.63. The van der Waals surface area contributed by atoms with Gasteiger partial charge in [-0.25, -0.2) is 4.39 Å². The van der Waals surface area contributed by atoms with Gasteiger partial charge in [-0.05, 0) is 54.4 Å². The van der Waals surface area contributed by atoms with E-state index in [4.69, 9.17) is 4.42 Å². The van der Waals surface area contributed by atoms with Gasteiger partial charge < -0.3 is 4.42 Å². The number of furan rings is 1. The summed E-state index contributed by atoms with van der Waals surface area (Å²) in [5.41, 5.74) is -0.305.